The average molecular weight is 284 g/mol. The first kappa shape index (κ1) is 12.8. The van der Waals surface area contributed by atoms with Crippen molar-refractivity contribution in [1.82, 2.24) is 5.32 Å². The maximum atomic E-state index is 6.23. The minimum Gasteiger partial charge on any atom is -0.314 e. The normalized spacial score (nSPS) is 27.0. The van der Waals surface area contributed by atoms with Crippen molar-refractivity contribution in [3.05, 3.63) is 33.8 Å². The SMILES string of the molecule is Clc1ccc(Cl)c(CC2CCC2CNC2CC2)c1. The number of hydrogen-bond acceptors (Lipinski definition) is 1. The Labute approximate surface area is 119 Å². The summed E-state index contributed by atoms with van der Waals surface area (Å²) in [5.74, 6) is 1.62. The van der Waals surface area contributed by atoms with E-state index in [1.165, 1.54) is 37.8 Å². The van der Waals surface area contributed by atoms with Crippen LogP contribution in [0.3, 0.4) is 0 Å². The van der Waals surface area contributed by atoms with Crippen molar-refractivity contribution >= 4 is 23.2 Å². The fourth-order valence-electron chi connectivity index (χ4n) is 2.76. The summed E-state index contributed by atoms with van der Waals surface area (Å²) in [5, 5.41) is 5.30. The number of hydrogen-bond donors (Lipinski definition) is 1. The van der Waals surface area contributed by atoms with Gasteiger partial charge in [-0.25, -0.2) is 0 Å². The van der Waals surface area contributed by atoms with E-state index in [-0.39, 0.29) is 0 Å². The van der Waals surface area contributed by atoms with E-state index in [2.05, 4.69) is 5.32 Å². The van der Waals surface area contributed by atoms with E-state index in [1.807, 2.05) is 18.2 Å². The van der Waals surface area contributed by atoms with Gasteiger partial charge in [-0.1, -0.05) is 23.2 Å². The first-order valence-corrected chi connectivity index (χ1v) is 7.65. The van der Waals surface area contributed by atoms with E-state index in [9.17, 15) is 0 Å². The standard InChI is InChI=1S/C15H19Cl2N/c16-13-3-6-15(17)12(8-13)7-10-1-2-11(10)9-18-14-4-5-14/h3,6,8,10-11,14,18H,1-2,4-5,7,9H2. The summed E-state index contributed by atoms with van der Waals surface area (Å²) in [6.45, 7) is 1.19. The topological polar surface area (TPSA) is 12.0 Å². The van der Waals surface area contributed by atoms with E-state index in [0.717, 1.165) is 34.3 Å². The monoisotopic (exact) mass is 283 g/mol. The summed E-state index contributed by atoms with van der Waals surface area (Å²) >= 11 is 12.3. The molecule has 2 aliphatic carbocycles. The van der Waals surface area contributed by atoms with E-state index in [4.69, 9.17) is 23.2 Å². The largest absolute Gasteiger partial charge is 0.314 e. The lowest BCUT2D eigenvalue weighted by Gasteiger charge is -2.37. The Kier molecular flexibility index (Phi) is 3.83. The van der Waals surface area contributed by atoms with Crippen molar-refractivity contribution < 1.29 is 0 Å². The molecule has 98 valence electrons. The van der Waals surface area contributed by atoms with Gasteiger partial charge in [0.2, 0.25) is 0 Å². The second-order valence-corrected chi connectivity index (χ2v) is 6.56. The maximum absolute atomic E-state index is 6.23. The van der Waals surface area contributed by atoms with Crippen LogP contribution in [0.15, 0.2) is 18.2 Å². The van der Waals surface area contributed by atoms with Crippen molar-refractivity contribution in [3.63, 3.8) is 0 Å². The molecule has 1 nitrogen and oxygen atoms in total. The van der Waals surface area contributed by atoms with Crippen molar-refractivity contribution in [2.45, 2.75) is 38.1 Å². The summed E-state index contributed by atoms with van der Waals surface area (Å²) in [4.78, 5) is 0. The molecule has 2 atom stereocenters. The van der Waals surface area contributed by atoms with Gasteiger partial charge in [0.25, 0.3) is 0 Å². The zero-order valence-electron chi connectivity index (χ0n) is 10.5. The number of halogens is 2. The minimum absolute atomic E-state index is 0.784. The third-order valence-electron chi connectivity index (χ3n) is 4.31. The highest BCUT2D eigenvalue weighted by molar-refractivity contribution is 6.33. The molecular weight excluding hydrogens is 265 g/mol. The lowest BCUT2D eigenvalue weighted by molar-refractivity contribution is 0.170. The third-order valence-corrected chi connectivity index (χ3v) is 4.91. The van der Waals surface area contributed by atoms with Crippen molar-refractivity contribution in [2.75, 3.05) is 6.54 Å². The number of nitrogens with one attached hydrogen (secondary N) is 1. The third kappa shape index (κ3) is 3.01. The molecule has 2 unspecified atom stereocenters. The fraction of sp³-hybridized carbons (Fsp3) is 0.600. The number of rotatable bonds is 5. The van der Waals surface area contributed by atoms with Crippen molar-refractivity contribution in [1.29, 1.82) is 0 Å². The van der Waals surface area contributed by atoms with Crippen LogP contribution in [-0.2, 0) is 6.42 Å². The average Bonchev–Trinajstić information content (AvgIpc) is 3.13. The molecule has 0 amide bonds. The lowest BCUT2D eigenvalue weighted by atomic mass is 9.70. The number of benzene rings is 1. The van der Waals surface area contributed by atoms with Gasteiger partial charge in [-0.2, -0.15) is 0 Å². The smallest absolute Gasteiger partial charge is 0.0439 e. The molecule has 2 aliphatic rings. The highest BCUT2D eigenvalue weighted by Crippen LogP contribution is 2.38. The summed E-state index contributed by atoms with van der Waals surface area (Å²) in [6, 6.07) is 6.62. The molecule has 1 aromatic rings. The molecule has 0 bridgehead atoms. The minimum atomic E-state index is 0.784. The van der Waals surface area contributed by atoms with Crippen LogP contribution in [0.1, 0.15) is 31.2 Å². The molecule has 0 radical (unpaired) electrons. The van der Waals surface area contributed by atoms with Gasteiger partial charge in [-0.05, 0) is 74.2 Å². The molecule has 3 heteroatoms. The molecule has 0 spiro atoms. The van der Waals surface area contributed by atoms with Gasteiger partial charge in [0.1, 0.15) is 0 Å². The van der Waals surface area contributed by atoms with E-state index < -0.39 is 0 Å². The quantitative estimate of drug-likeness (QED) is 0.849. The van der Waals surface area contributed by atoms with E-state index in [0.29, 0.717) is 0 Å². The zero-order chi connectivity index (χ0) is 12.5. The molecule has 0 aliphatic heterocycles. The van der Waals surface area contributed by atoms with Crippen LogP contribution in [0, 0.1) is 11.8 Å². The van der Waals surface area contributed by atoms with Gasteiger partial charge in [0.15, 0.2) is 0 Å². The summed E-state index contributed by atoms with van der Waals surface area (Å²) in [6.07, 6.45) is 6.52. The maximum Gasteiger partial charge on any atom is 0.0439 e. The van der Waals surface area contributed by atoms with Gasteiger partial charge >= 0.3 is 0 Å². The Morgan fingerprint density at radius 2 is 1.83 bits per heavy atom. The molecular formula is C15H19Cl2N. The molecule has 3 rings (SSSR count). The first-order valence-electron chi connectivity index (χ1n) is 6.89. The predicted molar refractivity (Wildman–Crippen MR) is 77.4 cm³/mol. The highest BCUT2D eigenvalue weighted by Gasteiger charge is 2.32. The summed E-state index contributed by atoms with van der Waals surface area (Å²) < 4.78 is 0. The Morgan fingerprint density at radius 1 is 1.06 bits per heavy atom. The van der Waals surface area contributed by atoms with E-state index >= 15 is 0 Å². The molecule has 2 saturated carbocycles. The molecule has 0 heterocycles. The van der Waals surface area contributed by atoms with Crippen LogP contribution in [0.5, 0.6) is 0 Å². The van der Waals surface area contributed by atoms with Gasteiger partial charge in [-0.3, -0.25) is 0 Å². The molecule has 0 saturated heterocycles. The Balaban J connectivity index is 1.56. The second kappa shape index (κ2) is 5.40. The molecule has 0 aromatic heterocycles. The predicted octanol–water partition coefficient (Wildman–Crippen LogP) is 4.31. The lowest BCUT2D eigenvalue weighted by Crippen LogP contribution is -2.37. The van der Waals surface area contributed by atoms with E-state index in [1.54, 1.807) is 0 Å². The Morgan fingerprint density at radius 3 is 2.50 bits per heavy atom. The molecule has 1 N–H and O–H groups in total. The van der Waals surface area contributed by atoms with Crippen LogP contribution < -0.4 is 5.32 Å². The summed E-state index contributed by atoms with van der Waals surface area (Å²) in [5.41, 5.74) is 1.21. The zero-order valence-corrected chi connectivity index (χ0v) is 12.0. The van der Waals surface area contributed by atoms with Crippen molar-refractivity contribution in [2.24, 2.45) is 11.8 Å². The van der Waals surface area contributed by atoms with Crippen LogP contribution in [0.25, 0.3) is 0 Å². The molecule has 2 fully saturated rings. The van der Waals surface area contributed by atoms with Gasteiger partial charge in [0, 0.05) is 16.1 Å². The molecule has 1 aromatic carbocycles. The van der Waals surface area contributed by atoms with Crippen LogP contribution in [-0.4, -0.2) is 12.6 Å². The Hall–Kier alpha value is -0.240. The van der Waals surface area contributed by atoms with Gasteiger partial charge in [0.05, 0.1) is 0 Å². The fourth-order valence-corrected chi connectivity index (χ4v) is 3.15. The van der Waals surface area contributed by atoms with Crippen LogP contribution in [0.2, 0.25) is 10.0 Å². The Bertz CT molecular complexity index is 429. The van der Waals surface area contributed by atoms with Crippen molar-refractivity contribution in [3.8, 4) is 0 Å². The van der Waals surface area contributed by atoms with Crippen LogP contribution >= 0.6 is 23.2 Å². The summed E-state index contributed by atoms with van der Waals surface area (Å²) in [7, 11) is 0. The van der Waals surface area contributed by atoms with Gasteiger partial charge in [-0.15, -0.1) is 0 Å². The second-order valence-electron chi connectivity index (χ2n) is 5.72. The first-order chi connectivity index (χ1) is 8.72. The van der Waals surface area contributed by atoms with Gasteiger partial charge < -0.3 is 5.32 Å². The van der Waals surface area contributed by atoms with Crippen LogP contribution in [0.4, 0.5) is 0 Å². The molecule has 18 heavy (non-hydrogen) atoms. The highest BCUT2D eigenvalue weighted by atomic mass is 35.5.